The van der Waals surface area contributed by atoms with Crippen LogP contribution in [-0.4, -0.2) is 57.3 Å². The van der Waals surface area contributed by atoms with Crippen molar-refractivity contribution < 1.29 is 0 Å². The molecule has 95 heavy (non-hydrogen) atoms. The number of aromatic nitrogens is 1. The summed E-state index contributed by atoms with van der Waals surface area (Å²) in [6.45, 7) is 20.8. The van der Waals surface area contributed by atoms with Crippen molar-refractivity contribution >= 4 is 65.8 Å². The number of nitrogens with zero attached hydrogens (tertiary/aromatic N) is 5. The van der Waals surface area contributed by atoms with Crippen LogP contribution in [0.5, 0.6) is 0 Å². The van der Waals surface area contributed by atoms with Crippen LogP contribution < -0.4 is 19.6 Å². The van der Waals surface area contributed by atoms with Crippen LogP contribution in [0.15, 0.2) is 194 Å². The molecule has 0 unspecified atom stereocenters. The molecule has 0 amide bonds. The second-order valence-corrected chi connectivity index (χ2v) is 29.9. The van der Waals surface area contributed by atoms with E-state index in [9.17, 15) is 0 Å². The molecule has 0 atom stereocenters. The van der Waals surface area contributed by atoms with Gasteiger partial charge in [0.25, 0.3) is 0 Å². The Morgan fingerprint density at radius 1 is 0.274 bits per heavy atom. The number of anilines is 4. The number of pyridine rings is 1. The predicted octanol–water partition coefficient (Wildman–Crippen LogP) is 22.9. The van der Waals surface area contributed by atoms with Crippen LogP contribution in [0, 0.1) is 6.92 Å². The Kier molecular flexibility index (Phi) is 14.2. The number of hydrogen-bond acceptors (Lipinski definition) is 5. The Labute approximate surface area is 562 Å². The van der Waals surface area contributed by atoms with E-state index in [2.05, 4.69) is 248 Å². The first-order valence-electron chi connectivity index (χ1n) is 36.2. The van der Waals surface area contributed by atoms with E-state index < -0.39 is 0 Å². The van der Waals surface area contributed by atoms with Gasteiger partial charge in [-0.05, 0) is 289 Å². The fourth-order valence-corrected chi connectivity index (χ4v) is 18.5. The first-order valence-corrected chi connectivity index (χ1v) is 36.2. The summed E-state index contributed by atoms with van der Waals surface area (Å²) in [7, 11) is 0. The van der Waals surface area contributed by atoms with E-state index in [1.165, 1.54) is 237 Å². The molecule has 4 fully saturated rings. The van der Waals surface area contributed by atoms with Gasteiger partial charge < -0.3 is 19.6 Å². The fraction of sp³-hybridized carbons (Fsp3) is 0.300. The van der Waals surface area contributed by atoms with Gasteiger partial charge in [-0.1, -0.05) is 143 Å². The quantitative estimate of drug-likeness (QED) is 0.134. The molecule has 5 nitrogen and oxygen atoms in total. The van der Waals surface area contributed by atoms with Crippen molar-refractivity contribution in [3.63, 3.8) is 0 Å². The van der Waals surface area contributed by atoms with E-state index >= 15 is 0 Å². The molecule has 472 valence electrons. The number of fused-ring (bicyclic) bond motifs is 10. The summed E-state index contributed by atoms with van der Waals surface area (Å²) in [6, 6.07) is 74.7. The molecule has 12 aromatic rings. The monoisotopic (exact) mass is 1240 g/mol. The second kappa shape index (κ2) is 23.0. The lowest BCUT2D eigenvalue weighted by Crippen LogP contribution is -2.29. The number of benzene rings is 11. The first-order chi connectivity index (χ1) is 46.5. The highest BCUT2D eigenvalue weighted by Crippen LogP contribution is 2.55. The smallest absolute Gasteiger partial charge is 0.0714 e. The van der Waals surface area contributed by atoms with Crippen molar-refractivity contribution in [2.24, 2.45) is 0 Å². The number of piperidine rings is 4. The summed E-state index contributed by atoms with van der Waals surface area (Å²) in [5.41, 5.74) is 29.7. The van der Waals surface area contributed by atoms with Crippen LogP contribution >= 0.6 is 0 Å². The maximum absolute atomic E-state index is 5.60. The van der Waals surface area contributed by atoms with Crippen LogP contribution in [0.1, 0.15) is 133 Å². The Balaban J connectivity index is 0.767. The summed E-state index contributed by atoms with van der Waals surface area (Å²) in [5, 5.41) is 10.5. The molecule has 4 saturated heterocycles. The lowest BCUT2D eigenvalue weighted by Gasteiger charge is -2.31. The van der Waals surface area contributed by atoms with Gasteiger partial charge in [0, 0.05) is 103 Å². The molecule has 0 N–H and O–H groups in total. The molecule has 11 aromatic carbocycles. The van der Waals surface area contributed by atoms with Crippen molar-refractivity contribution in [2.45, 2.75) is 122 Å². The predicted molar refractivity (Wildman–Crippen MR) is 406 cm³/mol. The minimum absolute atomic E-state index is 0.113. The van der Waals surface area contributed by atoms with Crippen molar-refractivity contribution in [2.75, 3.05) is 72.0 Å². The standard InChI is InChI=1S/C90H87N5/c1-58-22-10-11-23-67(58)87-73-38-32-63(92-42-14-6-15-43-92)53-76(73)85(71-36-30-65(55-78(71)87)94-46-18-8-19-47-94)61-27-35-70-75-50-59(28-40-81(75)90(4,5)83(70)52-61)62-29-41-84(91-57-62)88-74-39-33-64(93-44-16-7-17-45-93)54-77(74)86(72-37-31-66(56-79(72)88)95-48-20-9-21-49-95)60-26-34-69-68-24-12-13-25-80(68)89(2,3)82(69)51-60/h10-13,22-41,50-57H,6-9,14-21,42-49H2,1-5H3. The summed E-state index contributed by atoms with van der Waals surface area (Å²) in [5.74, 6) is 0. The molecule has 2 aliphatic carbocycles. The fourth-order valence-electron chi connectivity index (χ4n) is 18.5. The molecule has 0 radical (unpaired) electrons. The summed E-state index contributed by atoms with van der Waals surface area (Å²) in [4.78, 5) is 16.1. The van der Waals surface area contributed by atoms with Crippen LogP contribution in [-0.2, 0) is 10.8 Å². The first kappa shape index (κ1) is 58.4. The minimum atomic E-state index is -0.218. The Morgan fingerprint density at radius 3 is 1.13 bits per heavy atom. The molecule has 6 aliphatic rings. The highest BCUT2D eigenvalue weighted by Gasteiger charge is 2.38. The lowest BCUT2D eigenvalue weighted by atomic mass is 9.80. The highest BCUT2D eigenvalue weighted by molar-refractivity contribution is 6.24. The molecule has 18 rings (SSSR count). The van der Waals surface area contributed by atoms with Gasteiger partial charge in [-0.15, -0.1) is 0 Å². The van der Waals surface area contributed by atoms with Gasteiger partial charge >= 0.3 is 0 Å². The van der Waals surface area contributed by atoms with Gasteiger partial charge in [0.15, 0.2) is 0 Å². The van der Waals surface area contributed by atoms with Gasteiger partial charge in [-0.2, -0.15) is 0 Å². The maximum atomic E-state index is 5.60. The Morgan fingerprint density at radius 2 is 0.653 bits per heavy atom. The maximum Gasteiger partial charge on any atom is 0.0714 e. The number of rotatable bonds is 9. The van der Waals surface area contributed by atoms with Crippen LogP contribution in [0.2, 0.25) is 0 Å². The zero-order chi connectivity index (χ0) is 63.7. The molecule has 0 spiro atoms. The Bertz CT molecular complexity index is 5060. The van der Waals surface area contributed by atoms with Gasteiger partial charge in [-0.25, -0.2) is 0 Å². The van der Waals surface area contributed by atoms with Crippen LogP contribution in [0.3, 0.4) is 0 Å². The van der Waals surface area contributed by atoms with E-state index in [4.69, 9.17) is 4.98 Å². The minimum Gasteiger partial charge on any atom is -0.372 e. The van der Waals surface area contributed by atoms with Gasteiger partial charge in [0.05, 0.1) is 5.69 Å². The van der Waals surface area contributed by atoms with Gasteiger partial charge in [0.2, 0.25) is 0 Å². The zero-order valence-electron chi connectivity index (χ0n) is 56.4. The average Bonchev–Trinajstić information content (AvgIpc) is 1.69. The summed E-state index contributed by atoms with van der Waals surface area (Å²) in [6.07, 6.45) is 17.3. The molecule has 1 aromatic heterocycles. The topological polar surface area (TPSA) is 25.9 Å². The lowest BCUT2D eigenvalue weighted by molar-refractivity contribution is 0.578. The molecular formula is C90H87N5. The van der Waals surface area contributed by atoms with E-state index in [0.717, 1.165) is 63.6 Å². The zero-order valence-corrected chi connectivity index (χ0v) is 56.4. The summed E-state index contributed by atoms with van der Waals surface area (Å²) >= 11 is 0. The molecular weight excluding hydrogens is 1150 g/mol. The van der Waals surface area contributed by atoms with Gasteiger partial charge in [0.1, 0.15) is 0 Å². The van der Waals surface area contributed by atoms with E-state index in [1.807, 2.05) is 0 Å². The van der Waals surface area contributed by atoms with Crippen molar-refractivity contribution in [1.82, 2.24) is 4.98 Å². The average molecular weight is 1240 g/mol. The number of hydrogen-bond donors (Lipinski definition) is 0. The van der Waals surface area contributed by atoms with Gasteiger partial charge in [-0.3, -0.25) is 4.98 Å². The summed E-state index contributed by atoms with van der Waals surface area (Å²) < 4.78 is 0. The van der Waals surface area contributed by atoms with Crippen LogP contribution in [0.4, 0.5) is 22.7 Å². The number of aryl methyl sites for hydroxylation is 1. The van der Waals surface area contributed by atoms with Crippen molar-refractivity contribution in [1.29, 1.82) is 0 Å². The second-order valence-electron chi connectivity index (χ2n) is 29.9. The molecule has 5 heteroatoms. The van der Waals surface area contributed by atoms with Crippen molar-refractivity contribution in [3.05, 3.63) is 222 Å². The third kappa shape index (κ3) is 9.63. The van der Waals surface area contributed by atoms with Crippen LogP contribution in [0.25, 0.3) is 121 Å². The van der Waals surface area contributed by atoms with E-state index in [0.29, 0.717) is 0 Å². The van der Waals surface area contributed by atoms with Crippen molar-refractivity contribution in [3.8, 4) is 78.0 Å². The molecule has 5 heterocycles. The highest BCUT2D eigenvalue weighted by atomic mass is 15.1. The molecule has 4 aliphatic heterocycles. The third-order valence-corrected chi connectivity index (χ3v) is 23.7. The van der Waals surface area contributed by atoms with E-state index in [1.54, 1.807) is 0 Å². The third-order valence-electron chi connectivity index (χ3n) is 23.7. The SMILES string of the molecule is Cc1ccccc1-c1c2ccc(N3CCCCC3)cc2c(-c2ccc3c(c2)C(C)(C)c2ccc(-c4ccc(-c5c6ccc(N7CCCCC7)cc6c(-c6ccc7c(c6)C(C)(C)c6ccccc6-7)c6ccc(N7CCCCC7)cc56)nc4)cc2-3)c2ccc(N3CCCCC3)cc12. The normalized spacial score (nSPS) is 17.4. The van der Waals surface area contributed by atoms with E-state index in [-0.39, 0.29) is 10.8 Å². The largest absolute Gasteiger partial charge is 0.372 e. The Hall–Kier alpha value is -9.19. The molecule has 0 saturated carbocycles. The molecule has 0 bridgehead atoms.